The lowest BCUT2D eigenvalue weighted by molar-refractivity contribution is 0.465. The van der Waals surface area contributed by atoms with Gasteiger partial charge in [-0.3, -0.25) is 0 Å². The highest BCUT2D eigenvalue weighted by molar-refractivity contribution is 5.88. The number of aryl methyl sites for hydroxylation is 1. The Labute approximate surface area is 251 Å². The summed E-state index contributed by atoms with van der Waals surface area (Å²) in [6.45, 7) is 21.2. The van der Waals surface area contributed by atoms with Gasteiger partial charge < -0.3 is 0 Å². The second-order valence-electron chi connectivity index (χ2n) is 11.6. The number of fused-ring (bicyclic) bond motifs is 1. The van der Waals surface area contributed by atoms with Crippen LogP contribution in [0.2, 0.25) is 0 Å². The molecule has 0 heteroatoms. The molecule has 0 aliphatic heterocycles. The van der Waals surface area contributed by atoms with Crippen LogP contribution in [0.25, 0.3) is 11.6 Å². The maximum Gasteiger partial charge on any atom is -0.00741 e. The van der Waals surface area contributed by atoms with Crippen LogP contribution >= 0.6 is 0 Å². The zero-order chi connectivity index (χ0) is 29.6. The summed E-state index contributed by atoms with van der Waals surface area (Å²) in [5, 5.41) is 0. The average molecular weight is 545 g/mol. The van der Waals surface area contributed by atoms with Crippen molar-refractivity contribution in [1.29, 1.82) is 0 Å². The first-order chi connectivity index (χ1) is 19.9. The van der Waals surface area contributed by atoms with E-state index in [1.807, 2.05) is 12.2 Å². The molecule has 1 aromatic carbocycles. The lowest BCUT2D eigenvalue weighted by Crippen LogP contribution is -2.08. The third kappa shape index (κ3) is 9.06. The summed E-state index contributed by atoms with van der Waals surface area (Å²) in [5.74, 6) is 1.59. The first-order valence-electron chi connectivity index (χ1n) is 15.7. The molecule has 0 heterocycles. The van der Waals surface area contributed by atoms with Crippen LogP contribution in [0.15, 0.2) is 127 Å². The third-order valence-electron chi connectivity index (χ3n) is 8.38. The molecule has 3 aliphatic rings. The van der Waals surface area contributed by atoms with Crippen molar-refractivity contribution < 1.29 is 0 Å². The zero-order valence-corrected chi connectivity index (χ0v) is 26.2. The quantitative estimate of drug-likeness (QED) is 0.214. The lowest BCUT2D eigenvalue weighted by atomic mass is 9.83. The summed E-state index contributed by atoms with van der Waals surface area (Å²) in [6.07, 6.45) is 34.5. The van der Waals surface area contributed by atoms with Gasteiger partial charge in [-0.1, -0.05) is 105 Å². The van der Waals surface area contributed by atoms with Gasteiger partial charge >= 0.3 is 0 Å². The molecule has 0 nitrogen and oxygen atoms in total. The Morgan fingerprint density at radius 2 is 1.83 bits per heavy atom. The number of hydrogen-bond acceptors (Lipinski definition) is 0. The normalized spacial score (nSPS) is 20.7. The van der Waals surface area contributed by atoms with Gasteiger partial charge in [0.25, 0.3) is 0 Å². The summed E-state index contributed by atoms with van der Waals surface area (Å²) in [5.41, 5.74) is 11.9. The number of rotatable bonds is 9. The standard InChI is InChI=1S/C29H36.C12H16/c1-7-14-22(5)27(16-9-3)29(28-18-13-11-12-17-23(28)6)26-20-19-25(15-8-2)24(10-4)21-26;1-10-5-4-8-11-6-2-3-7-12(11)9-10/h7-9,15,17-21H,1,3,5,10-14,16H2,2,4,6H3;2,4-6,8,10,12H,3,7,9H2,1H3/b15-8-,29-27-;/t;10?,12-/m.0/s1. The molecule has 0 spiro atoms. The van der Waals surface area contributed by atoms with Gasteiger partial charge in [0.15, 0.2) is 0 Å². The Bertz CT molecular complexity index is 1290. The van der Waals surface area contributed by atoms with Gasteiger partial charge in [-0.15, -0.1) is 13.2 Å². The van der Waals surface area contributed by atoms with E-state index in [9.17, 15) is 0 Å². The van der Waals surface area contributed by atoms with Crippen LogP contribution < -0.4 is 0 Å². The predicted octanol–water partition coefficient (Wildman–Crippen LogP) is 12.3. The van der Waals surface area contributed by atoms with E-state index in [-0.39, 0.29) is 0 Å². The molecule has 4 rings (SSSR count). The maximum atomic E-state index is 4.41. The van der Waals surface area contributed by atoms with E-state index < -0.39 is 0 Å². The number of hydrogen-bond donors (Lipinski definition) is 0. The fourth-order valence-corrected chi connectivity index (χ4v) is 6.17. The van der Waals surface area contributed by atoms with Gasteiger partial charge in [0.1, 0.15) is 0 Å². The minimum absolute atomic E-state index is 0.759. The molecule has 0 saturated heterocycles. The monoisotopic (exact) mass is 544 g/mol. The van der Waals surface area contributed by atoms with Gasteiger partial charge in [-0.2, -0.15) is 0 Å². The molecule has 1 aromatic rings. The molecular weight excluding hydrogens is 492 g/mol. The van der Waals surface area contributed by atoms with E-state index in [1.165, 1.54) is 64.7 Å². The van der Waals surface area contributed by atoms with Crippen molar-refractivity contribution in [2.45, 2.75) is 85.5 Å². The Kier molecular flexibility index (Phi) is 13.2. The van der Waals surface area contributed by atoms with Gasteiger partial charge in [0.2, 0.25) is 0 Å². The topological polar surface area (TPSA) is 0 Å². The van der Waals surface area contributed by atoms with E-state index in [4.69, 9.17) is 0 Å². The van der Waals surface area contributed by atoms with E-state index >= 15 is 0 Å². The first kappa shape index (κ1) is 32.1. The molecule has 41 heavy (non-hydrogen) atoms. The Balaban J connectivity index is 0.000000317. The Hall–Kier alpha value is -3.38. The third-order valence-corrected chi connectivity index (χ3v) is 8.38. The van der Waals surface area contributed by atoms with Crippen molar-refractivity contribution in [3.8, 4) is 0 Å². The van der Waals surface area contributed by atoms with E-state index in [2.05, 4.69) is 120 Å². The fraction of sp³-hybridized carbons (Fsp3) is 0.366. The van der Waals surface area contributed by atoms with Gasteiger partial charge in [0.05, 0.1) is 0 Å². The molecule has 0 aromatic heterocycles. The maximum absolute atomic E-state index is 4.41. The molecule has 0 amide bonds. The molecular formula is C41H52. The molecule has 0 bridgehead atoms. The highest BCUT2D eigenvalue weighted by Gasteiger charge is 2.19. The largest absolute Gasteiger partial charge is 0.103 e. The van der Waals surface area contributed by atoms with Crippen molar-refractivity contribution in [3.63, 3.8) is 0 Å². The van der Waals surface area contributed by atoms with Crippen LogP contribution in [0.1, 0.15) is 95.8 Å². The minimum atomic E-state index is 0.759. The van der Waals surface area contributed by atoms with Crippen LogP contribution in [-0.4, -0.2) is 0 Å². The summed E-state index contributed by atoms with van der Waals surface area (Å²) < 4.78 is 0. The Morgan fingerprint density at radius 3 is 2.56 bits per heavy atom. The molecule has 3 aliphatic carbocycles. The second kappa shape index (κ2) is 16.8. The molecule has 0 radical (unpaired) electrons. The van der Waals surface area contributed by atoms with Crippen LogP contribution in [-0.2, 0) is 6.42 Å². The van der Waals surface area contributed by atoms with Crippen molar-refractivity contribution in [2.75, 3.05) is 0 Å². The lowest BCUT2D eigenvalue weighted by Gasteiger charge is -2.21. The van der Waals surface area contributed by atoms with Gasteiger partial charge in [-0.05, 0) is 134 Å². The number of allylic oxidation sites excluding steroid dienone is 16. The molecule has 1 unspecified atom stereocenters. The van der Waals surface area contributed by atoms with Crippen molar-refractivity contribution in [2.24, 2.45) is 11.8 Å². The summed E-state index contributed by atoms with van der Waals surface area (Å²) >= 11 is 0. The summed E-state index contributed by atoms with van der Waals surface area (Å²) in [4.78, 5) is 0. The molecule has 0 N–H and O–H groups in total. The highest BCUT2D eigenvalue weighted by Crippen LogP contribution is 2.39. The van der Waals surface area contributed by atoms with E-state index in [1.54, 1.807) is 5.57 Å². The summed E-state index contributed by atoms with van der Waals surface area (Å²) in [7, 11) is 0. The van der Waals surface area contributed by atoms with Crippen LogP contribution in [0.4, 0.5) is 0 Å². The van der Waals surface area contributed by atoms with Crippen LogP contribution in [0.3, 0.4) is 0 Å². The Morgan fingerprint density at radius 1 is 1.05 bits per heavy atom. The van der Waals surface area contributed by atoms with Gasteiger partial charge in [0, 0.05) is 0 Å². The second-order valence-corrected chi connectivity index (χ2v) is 11.6. The fourth-order valence-electron chi connectivity index (χ4n) is 6.17. The molecule has 0 saturated carbocycles. The summed E-state index contributed by atoms with van der Waals surface area (Å²) in [6, 6.07) is 6.90. The predicted molar refractivity (Wildman–Crippen MR) is 185 cm³/mol. The molecule has 216 valence electrons. The first-order valence-corrected chi connectivity index (χ1v) is 15.7. The van der Waals surface area contributed by atoms with Crippen molar-refractivity contribution in [1.82, 2.24) is 0 Å². The van der Waals surface area contributed by atoms with Crippen LogP contribution in [0.5, 0.6) is 0 Å². The van der Waals surface area contributed by atoms with E-state index in [0.29, 0.717) is 0 Å². The zero-order valence-electron chi connectivity index (χ0n) is 26.2. The van der Waals surface area contributed by atoms with Crippen molar-refractivity contribution in [3.05, 3.63) is 143 Å². The number of benzene rings is 1. The molecule has 2 atom stereocenters. The van der Waals surface area contributed by atoms with Gasteiger partial charge in [-0.25, -0.2) is 0 Å². The molecule has 0 fully saturated rings. The SMILES string of the molecule is C=CCC(=C)/C(CC=C)=C(\C1=CCCCC=C1C)c1ccc(/C=C\C)c(CC)c1.CC1C=CC=C2C=CCC[C@H]2C1. The minimum Gasteiger partial charge on any atom is -0.103 e. The average Bonchev–Trinajstić information content (AvgIpc) is 3.30. The highest BCUT2D eigenvalue weighted by atomic mass is 14.2. The van der Waals surface area contributed by atoms with Crippen LogP contribution in [0, 0.1) is 11.8 Å². The van der Waals surface area contributed by atoms with Crippen molar-refractivity contribution >= 4 is 11.6 Å². The van der Waals surface area contributed by atoms with E-state index in [0.717, 1.165) is 49.5 Å². The smallest absolute Gasteiger partial charge is 0.00741 e.